The molecule has 1 aliphatic rings. The largest absolute Gasteiger partial charge is 0.207 e. The van der Waals surface area contributed by atoms with E-state index in [4.69, 9.17) is 23.2 Å². The van der Waals surface area contributed by atoms with Crippen molar-refractivity contribution >= 4 is 23.2 Å². The lowest BCUT2D eigenvalue weighted by atomic mass is 9.73. The monoisotopic (exact) mass is 306 g/mol. The first kappa shape index (κ1) is 15.1. The van der Waals surface area contributed by atoms with Crippen molar-refractivity contribution in [1.82, 2.24) is 0 Å². The Balaban J connectivity index is 2.30. The fourth-order valence-corrected chi connectivity index (χ4v) is 4.00. The van der Waals surface area contributed by atoms with Gasteiger partial charge in [-0.3, -0.25) is 0 Å². The summed E-state index contributed by atoms with van der Waals surface area (Å²) in [5, 5.41) is 0. The first-order chi connectivity index (χ1) is 9.13. The summed E-state index contributed by atoms with van der Waals surface area (Å²) in [6.07, 6.45) is 4.69. The highest BCUT2D eigenvalue weighted by atomic mass is 35.5. The van der Waals surface area contributed by atoms with E-state index in [1.165, 1.54) is 18.2 Å². The SMILES string of the molecule is Fc1cccc(F)c1CC(CCl)(CCl)C1CCCC1. The average molecular weight is 307 g/mol. The van der Waals surface area contributed by atoms with E-state index in [1.54, 1.807) is 0 Å². The Kier molecular flexibility index (Phi) is 5.08. The first-order valence-corrected chi connectivity index (χ1v) is 7.74. The molecule has 0 aromatic heterocycles. The molecule has 19 heavy (non-hydrogen) atoms. The molecule has 2 rings (SSSR count). The predicted molar refractivity (Wildman–Crippen MR) is 75.9 cm³/mol. The van der Waals surface area contributed by atoms with E-state index in [9.17, 15) is 8.78 Å². The third-order valence-electron chi connectivity index (χ3n) is 4.34. The van der Waals surface area contributed by atoms with E-state index in [-0.39, 0.29) is 12.0 Å². The average Bonchev–Trinajstić information content (AvgIpc) is 2.94. The van der Waals surface area contributed by atoms with Crippen molar-refractivity contribution in [2.24, 2.45) is 11.3 Å². The molecule has 0 N–H and O–H groups in total. The fraction of sp³-hybridized carbons (Fsp3) is 0.600. The quantitative estimate of drug-likeness (QED) is 0.659. The van der Waals surface area contributed by atoms with Gasteiger partial charge in [0.2, 0.25) is 0 Å². The summed E-state index contributed by atoms with van der Waals surface area (Å²) in [6.45, 7) is 0. The molecule has 0 heterocycles. The molecule has 0 spiro atoms. The maximum absolute atomic E-state index is 13.8. The van der Waals surface area contributed by atoms with Crippen LogP contribution in [0.15, 0.2) is 18.2 Å². The molecule has 1 fully saturated rings. The van der Waals surface area contributed by atoms with Crippen molar-refractivity contribution in [2.45, 2.75) is 32.1 Å². The molecule has 0 amide bonds. The lowest BCUT2D eigenvalue weighted by molar-refractivity contribution is 0.220. The number of halogens is 4. The lowest BCUT2D eigenvalue weighted by Gasteiger charge is -2.36. The minimum Gasteiger partial charge on any atom is -0.207 e. The maximum atomic E-state index is 13.8. The molecule has 0 unspecified atom stereocenters. The van der Waals surface area contributed by atoms with Crippen LogP contribution in [0.3, 0.4) is 0 Å². The zero-order chi connectivity index (χ0) is 13.9. The maximum Gasteiger partial charge on any atom is 0.129 e. The van der Waals surface area contributed by atoms with E-state index < -0.39 is 17.0 Å². The Morgan fingerprint density at radius 3 is 2.05 bits per heavy atom. The summed E-state index contributed by atoms with van der Waals surface area (Å²) in [4.78, 5) is 0. The van der Waals surface area contributed by atoms with Crippen molar-refractivity contribution in [3.63, 3.8) is 0 Å². The van der Waals surface area contributed by atoms with Crippen molar-refractivity contribution in [2.75, 3.05) is 11.8 Å². The summed E-state index contributed by atoms with van der Waals surface area (Å²) in [7, 11) is 0. The van der Waals surface area contributed by atoms with E-state index in [0.717, 1.165) is 25.7 Å². The molecule has 0 saturated heterocycles. The Bertz CT molecular complexity index is 404. The van der Waals surface area contributed by atoms with E-state index in [0.29, 0.717) is 17.7 Å². The van der Waals surface area contributed by atoms with E-state index in [2.05, 4.69) is 0 Å². The minimum atomic E-state index is -0.502. The predicted octanol–water partition coefficient (Wildman–Crippen LogP) is 5.16. The first-order valence-electron chi connectivity index (χ1n) is 6.68. The standard InChI is InChI=1S/C15H18Cl2F2/c16-9-15(10-17,11-4-1-2-5-11)8-12-13(18)6-3-7-14(12)19/h3,6-7,11H,1-2,4-5,8-10H2. The number of hydrogen-bond donors (Lipinski definition) is 0. The van der Waals surface area contributed by atoms with Gasteiger partial charge in [-0.1, -0.05) is 18.9 Å². The zero-order valence-corrected chi connectivity index (χ0v) is 12.3. The molecule has 4 heteroatoms. The number of benzene rings is 1. The highest BCUT2D eigenvalue weighted by Crippen LogP contribution is 2.44. The Hall–Kier alpha value is -0.340. The summed E-state index contributed by atoms with van der Waals surface area (Å²) in [5.74, 6) is 0.0425. The highest BCUT2D eigenvalue weighted by molar-refractivity contribution is 6.21. The van der Waals surface area contributed by atoms with Gasteiger partial charge in [0.1, 0.15) is 11.6 Å². The fourth-order valence-electron chi connectivity index (χ4n) is 3.08. The summed E-state index contributed by atoms with van der Waals surface area (Å²) in [5.41, 5.74) is -0.279. The lowest BCUT2D eigenvalue weighted by Crippen LogP contribution is -2.36. The van der Waals surface area contributed by atoms with Crippen LogP contribution in [0.4, 0.5) is 8.78 Å². The molecular formula is C15H18Cl2F2. The molecule has 0 atom stereocenters. The molecule has 106 valence electrons. The zero-order valence-electron chi connectivity index (χ0n) is 10.8. The number of rotatable bonds is 5. The van der Waals surface area contributed by atoms with Crippen LogP contribution in [0.2, 0.25) is 0 Å². The van der Waals surface area contributed by atoms with Gasteiger partial charge < -0.3 is 0 Å². The third-order valence-corrected chi connectivity index (χ3v) is 5.41. The van der Waals surface area contributed by atoms with Gasteiger partial charge in [-0.15, -0.1) is 23.2 Å². The van der Waals surface area contributed by atoms with Crippen LogP contribution in [0.25, 0.3) is 0 Å². The van der Waals surface area contributed by atoms with E-state index >= 15 is 0 Å². The van der Waals surface area contributed by atoms with Gasteiger partial charge in [0.05, 0.1) is 0 Å². The van der Waals surface area contributed by atoms with Crippen molar-refractivity contribution < 1.29 is 8.78 Å². The molecular weight excluding hydrogens is 289 g/mol. The smallest absolute Gasteiger partial charge is 0.129 e. The molecule has 1 saturated carbocycles. The van der Waals surface area contributed by atoms with Crippen LogP contribution < -0.4 is 0 Å². The summed E-state index contributed by atoms with van der Waals surface area (Å²) in [6, 6.07) is 3.97. The normalized spacial score (nSPS) is 17.1. The second-order valence-electron chi connectivity index (χ2n) is 5.49. The highest BCUT2D eigenvalue weighted by Gasteiger charge is 2.40. The Labute approximate surface area is 123 Å². The van der Waals surface area contributed by atoms with Gasteiger partial charge in [0, 0.05) is 22.7 Å². The summed E-state index contributed by atoms with van der Waals surface area (Å²) >= 11 is 12.3. The van der Waals surface area contributed by atoms with Gasteiger partial charge in [0.25, 0.3) is 0 Å². The van der Waals surface area contributed by atoms with Crippen molar-refractivity contribution in [1.29, 1.82) is 0 Å². The molecule has 1 aliphatic carbocycles. The topological polar surface area (TPSA) is 0 Å². The van der Waals surface area contributed by atoms with Crippen LogP contribution in [-0.4, -0.2) is 11.8 Å². The number of hydrogen-bond acceptors (Lipinski definition) is 0. The molecule has 0 aliphatic heterocycles. The van der Waals surface area contributed by atoms with Crippen LogP contribution in [-0.2, 0) is 6.42 Å². The Morgan fingerprint density at radius 2 is 1.58 bits per heavy atom. The molecule has 0 nitrogen and oxygen atoms in total. The number of alkyl halides is 2. The molecule has 1 aromatic carbocycles. The van der Waals surface area contributed by atoms with Crippen molar-refractivity contribution in [3.05, 3.63) is 35.4 Å². The van der Waals surface area contributed by atoms with Crippen LogP contribution in [0.5, 0.6) is 0 Å². The van der Waals surface area contributed by atoms with Gasteiger partial charge >= 0.3 is 0 Å². The van der Waals surface area contributed by atoms with Crippen molar-refractivity contribution in [3.8, 4) is 0 Å². The third kappa shape index (κ3) is 3.05. The van der Waals surface area contributed by atoms with Crippen LogP contribution in [0.1, 0.15) is 31.2 Å². The Morgan fingerprint density at radius 1 is 1.05 bits per heavy atom. The van der Waals surface area contributed by atoms with Gasteiger partial charge in [-0.05, 0) is 37.3 Å². The summed E-state index contributed by atoms with van der Waals surface area (Å²) < 4.78 is 27.6. The van der Waals surface area contributed by atoms with Gasteiger partial charge in [0.15, 0.2) is 0 Å². The molecule has 0 radical (unpaired) electrons. The van der Waals surface area contributed by atoms with Crippen LogP contribution >= 0.6 is 23.2 Å². The van der Waals surface area contributed by atoms with E-state index in [1.807, 2.05) is 0 Å². The minimum absolute atomic E-state index is 0.121. The second-order valence-corrected chi connectivity index (χ2v) is 6.02. The molecule has 0 bridgehead atoms. The van der Waals surface area contributed by atoms with Gasteiger partial charge in [-0.2, -0.15) is 0 Å². The molecule has 1 aromatic rings. The second kappa shape index (κ2) is 6.41. The van der Waals surface area contributed by atoms with Gasteiger partial charge in [-0.25, -0.2) is 8.78 Å². The van der Waals surface area contributed by atoms with Crippen LogP contribution in [0, 0.1) is 23.0 Å².